The Hall–Kier alpha value is -6.35. The summed E-state index contributed by atoms with van der Waals surface area (Å²) in [6.45, 7) is 12.2. The number of fused-ring (bicyclic) bond motifs is 1. The van der Waals surface area contributed by atoms with E-state index in [0.29, 0.717) is 44.8 Å². The summed E-state index contributed by atoms with van der Waals surface area (Å²) in [5.41, 5.74) is 14.3. The molecule has 328 valence electrons. The molecule has 0 saturated heterocycles. The Morgan fingerprint density at radius 1 is 0.569 bits per heavy atom. The molecule has 2 heterocycles. The normalized spacial score (nSPS) is 13.5. The number of pyridine rings is 1. The van der Waals surface area contributed by atoms with Gasteiger partial charge in [-0.15, -0.1) is 23.8 Å². The average molecular weight is 1040 g/mol. The van der Waals surface area contributed by atoms with E-state index in [2.05, 4.69) is 36.4 Å². The van der Waals surface area contributed by atoms with Crippen LogP contribution in [0.15, 0.2) is 152 Å². The second-order valence-electron chi connectivity index (χ2n) is 17.5. The molecule has 0 fully saturated rings. The van der Waals surface area contributed by atoms with Crippen molar-refractivity contribution in [1.82, 2.24) is 14.5 Å². The molecule has 4 nitrogen and oxygen atoms in total. The molecule has 5 heteroatoms. The maximum atomic E-state index is 11.8. The number of imidazole rings is 1. The predicted octanol–water partition coefficient (Wildman–Crippen LogP) is 16.2. The van der Waals surface area contributed by atoms with Crippen LogP contribution in [-0.2, 0) is 21.1 Å². The fourth-order valence-corrected chi connectivity index (χ4v) is 8.56. The molecule has 0 aliphatic rings. The predicted molar refractivity (Wildman–Crippen MR) is 268 cm³/mol. The first-order valence-corrected chi connectivity index (χ1v) is 21.8. The van der Waals surface area contributed by atoms with Crippen molar-refractivity contribution in [3.63, 3.8) is 0 Å². The van der Waals surface area contributed by atoms with Gasteiger partial charge in [-0.3, -0.25) is 9.55 Å². The summed E-state index contributed by atoms with van der Waals surface area (Å²) in [4.78, 5) is 10.2. The summed E-state index contributed by atoms with van der Waals surface area (Å²) < 4.78 is 55.2. The Kier molecular flexibility index (Phi) is 10.9. The Balaban J connectivity index is 0.00000676. The molecule has 9 rings (SSSR count). The van der Waals surface area contributed by atoms with Crippen LogP contribution in [0.3, 0.4) is 0 Å². The van der Waals surface area contributed by atoms with Gasteiger partial charge in [0.2, 0.25) is 0 Å². The number of hydrogen-bond acceptors (Lipinski definition) is 3. The first-order chi connectivity index (χ1) is 32.9. The van der Waals surface area contributed by atoms with E-state index >= 15 is 0 Å². The molecule has 2 aromatic heterocycles. The summed E-state index contributed by atoms with van der Waals surface area (Å²) in [6, 6.07) is 50.9. The molecule has 0 aliphatic heterocycles. The van der Waals surface area contributed by atoms with E-state index in [9.17, 15) is 5.11 Å². The Bertz CT molecular complexity index is 3420. The molecule has 0 radical (unpaired) electrons. The van der Waals surface area contributed by atoms with E-state index in [1.807, 2.05) is 135 Å². The summed E-state index contributed by atoms with van der Waals surface area (Å²) in [7, 11) is 0. The fourth-order valence-electron chi connectivity index (χ4n) is 8.56. The van der Waals surface area contributed by atoms with Gasteiger partial charge in [0, 0.05) is 41.2 Å². The number of para-hydroxylation sites is 1. The van der Waals surface area contributed by atoms with Crippen molar-refractivity contribution >= 4 is 11.0 Å². The number of aryl methyl sites for hydroxylation is 3. The van der Waals surface area contributed by atoms with Gasteiger partial charge in [0.25, 0.3) is 0 Å². The molecule has 0 saturated carbocycles. The second-order valence-corrected chi connectivity index (χ2v) is 17.5. The van der Waals surface area contributed by atoms with Gasteiger partial charge in [0.1, 0.15) is 11.6 Å². The zero-order chi connectivity index (χ0) is 50.1. The number of nitrogens with zero attached hydrogens (tertiary/aromatic N) is 3. The average Bonchev–Trinajstić information content (AvgIpc) is 3.71. The third-order valence-corrected chi connectivity index (χ3v) is 12.1. The first kappa shape index (κ1) is 38.0. The van der Waals surface area contributed by atoms with Gasteiger partial charge < -0.3 is 5.11 Å². The first-order valence-electron chi connectivity index (χ1n) is 24.8. The van der Waals surface area contributed by atoms with E-state index in [-0.39, 0.29) is 32.4 Å². The van der Waals surface area contributed by atoms with E-state index in [4.69, 9.17) is 18.2 Å². The molecule has 0 aliphatic carbocycles. The van der Waals surface area contributed by atoms with Gasteiger partial charge >= 0.3 is 0 Å². The van der Waals surface area contributed by atoms with Gasteiger partial charge in [-0.1, -0.05) is 161 Å². The number of hydrogen-bond donors (Lipinski definition) is 1. The van der Waals surface area contributed by atoms with E-state index in [1.165, 1.54) is 0 Å². The number of aromatic hydroxyl groups is 1. The minimum Gasteiger partial charge on any atom is -0.507 e. The number of benzene rings is 7. The smallest absolute Gasteiger partial charge is 0.148 e. The molecule has 1 N–H and O–H groups in total. The van der Waals surface area contributed by atoms with Crippen molar-refractivity contribution in [2.75, 3.05) is 0 Å². The molecular formula is C60H56N3OPt-. The van der Waals surface area contributed by atoms with Crippen LogP contribution in [0.25, 0.3) is 83.9 Å². The monoisotopic (exact) mass is 1040 g/mol. The summed E-state index contributed by atoms with van der Waals surface area (Å²) in [5, 5.41) is 11.8. The quantitative estimate of drug-likeness (QED) is 0.139. The van der Waals surface area contributed by atoms with Crippen molar-refractivity contribution in [2.24, 2.45) is 0 Å². The standard InChI is InChI=1S/C60H56N3O.Pt/c1-36(2)42-18-20-44(21-19-42)46-24-25-61-55(35-46)52-33-49(43-14-11-10-12-15-43)32-51(34-52)53-16-13-17-57-58(53)62-60(54-27-39(7)26-41(9)59(54)64)63(57)56-23-22-45(28-40(56)8)50-30-47(37(3)4)29-48(31-50)38(5)6;/h10-33,35-38,64H,1-9H3;/q-1;/i8D3,36D,37D,38D;. The topological polar surface area (TPSA) is 50.9 Å². The van der Waals surface area contributed by atoms with Gasteiger partial charge in [0.15, 0.2) is 0 Å². The van der Waals surface area contributed by atoms with Crippen LogP contribution in [0.1, 0.15) is 101 Å². The number of rotatable bonds is 10. The van der Waals surface area contributed by atoms with Gasteiger partial charge in [-0.2, -0.15) is 0 Å². The van der Waals surface area contributed by atoms with Crippen LogP contribution >= 0.6 is 0 Å². The molecule has 0 unspecified atom stereocenters. The van der Waals surface area contributed by atoms with Crippen molar-refractivity contribution in [2.45, 2.75) is 79.9 Å². The molecular weight excluding hydrogens is 974 g/mol. The van der Waals surface area contributed by atoms with E-state index < -0.39 is 24.5 Å². The third-order valence-electron chi connectivity index (χ3n) is 12.1. The SMILES string of the molecule is [2H]C([2H])([2H])c1cc(-c2cc(C([2H])(C)C)cc(C([2H])(C)C)c2)ccc1-n1c(-c2cc(C)cc(C)c2O)nc2c(-c3[c-]c(-c4cc(-c5ccc(C([2H])(C)C)cc5)ccn4)cc(-c4ccccc4)c3)cccc21.[Pt]. The minimum atomic E-state index is -2.60. The van der Waals surface area contributed by atoms with E-state index in [0.717, 1.165) is 66.9 Å². The zero-order valence-electron chi connectivity index (χ0n) is 44.0. The van der Waals surface area contributed by atoms with Crippen LogP contribution in [0.2, 0.25) is 0 Å². The molecule has 0 spiro atoms. The van der Waals surface area contributed by atoms with Crippen molar-refractivity contribution < 1.29 is 34.4 Å². The van der Waals surface area contributed by atoms with Crippen molar-refractivity contribution in [3.8, 4) is 78.6 Å². The number of phenolic OH excluding ortho intramolecular Hbond substituents is 1. The molecule has 0 atom stereocenters. The zero-order valence-corrected chi connectivity index (χ0v) is 40.3. The summed E-state index contributed by atoms with van der Waals surface area (Å²) >= 11 is 0. The summed E-state index contributed by atoms with van der Waals surface area (Å²) in [5.74, 6) is -2.24. The van der Waals surface area contributed by atoms with Crippen LogP contribution in [0, 0.1) is 26.8 Å². The molecule has 7 aromatic carbocycles. The molecule has 0 bridgehead atoms. The number of aromatic nitrogens is 3. The Labute approximate surface area is 407 Å². The molecule has 65 heavy (non-hydrogen) atoms. The van der Waals surface area contributed by atoms with Gasteiger partial charge in [0.05, 0.1) is 22.3 Å². The number of phenols is 1. The molecule has 9 aromatic rings. The summed E-state index contributed by atoms with van der Waals surface area (Å²) in [6.07, 6.45) is 1.80. The maximum absolute atomic E-state index is 11.8. The van der Waals surface area contributed by atoms with Crippen LogP contribution in [-0.4, -0.2) is 19.6 Å². The largest absolute Gasteiger partial charge is 0.507 e. The van der Waals surface area contributed by atoms with Gasteiger partial charge in [-0.25, -0.2) is 4.98 Å². The molecule has 0 amide bonds. The Morgan fingerprint density at radius 2 is 1.22 bits per heavy atom. The van der Waals surface area contributed by atoms with Crippen molar-refractivity contribution in [1.29, 1.82) is 0 Å². The Morgan fingerprint density at radius 3 is 1.91 bits per heavy atom. The maximum Gasteiger partial charge on any atom is 0.148 e. The van der Waals surface area contributed by atoms with Crippen LogP contribution in [0.4, 0.5) is 0 Å². The van der Waals surface area contributed by atoms with Gasteiger partial charge in [-0.05, 0) is 130 Å². The van der Waals surface area contributed by atoms with Crippen molar-refractivity contribution in [3.05, 3.63) is 191 Å². The van der Waals surface area contributed by atoms with Crippen LogP contribution in [0.5, 0.6) is 5.75 Å². The second kappa shape index (κ2) is 18.6. The van der Waals surface area contributed by atoms with E-state index in [1.54, 1.807) is 46.0 Å². The minimum absolute atomic E-state index is 0. The fraction of sp³-hybridized carbons (Fsp3) is 0.200. The van der Waals surface area contributed by atoms with Crippen LogP contribution < -0.4 is 0 Å². The third kappa shape index (κ3) is 9.02.